The number of carbonyl (C=O) groups is 1. The molecule has 5 heteroatoms. The van der Waals surface area contributed by atoms with E-state index in [1.165, 1.54) is 5.56 Å². The third-order valence-corrected chi connectivity index (χ3v) is 4.32. The molecule has 1 saturated heterocycles. The number of benzene rings is 1. The van der Waals surface area contributed by atoms with Crippen LogP contribution >= 0.6 is 27.7 Å². The molecular weight excluding hydrogens is 302 g/mol. The molecule has 0 unspecified atom stereocenters. The van der Waals surface area contributed by atoms with Gasteiger partial charge in [-0.2, -0.15) is 0 Å². The lowest BCUT2D eigenvalue weighted by molar-refractivity contribution is -0.144. The first kappa shape index (κ1) is 12.9. The van der Waals surface area contributed by atoms with Crippen molar-refractivity contribution in [1.82, 2.24) is 5.32 Å². The van der Waals surface area contributed by atoms with E-state index in [0.717, 1.165) is 10.2 Å². The molecule has 0 saturated carbocycles. The molecule has 1 N–H and O–H groups in total. The van der Waals surface area contributed by atoms with Crippen molar-refractivity contribution in [3.63, 3.8) is 0 Å². The molecule has 1 aromatic rings. The summed E-state index contributed by atoms with van der Waals surface area (Å²) in [6.45, 7) is 2.26. The van der Waals surface area contributed by atoms with Gasteiger partial charge in [-0.05, 0) is 24.6 Å². The molecule has 1 fully saturated rings. The van der Waals surface area contributed by atoms with E-state index in [-0.39, 0.29) is 17.4 Å². The molecule has 1 heterocycles. The third-order valence-electron chi connectivity index (χ3n) is 2.53. The first-order chi connectivity index (χ1) is 8.20. The van der Waals surface area contributed by atoms with Crippen LogP contribution in [0.5, 0.6) is 0 Å². The van der Waals surface area contributed by atoms with E-state index in [0.29, 0.717) is 6.61 Å². The van der Waals surface area contributed by atoms with Crippen molar-refractivity contribution in [3.8, 4) is 0 Å². The lowest BCUT2D eigenvalue weighted by Crippen LogP contribution is -2.35. The van der Waals surface area contributed by atoms with Crippen LogP contribution in [0.4, 0.5) is 0 Å². The van der Waals surface area contributed by atoms with E-state index in [4.69, 9.17) is 4.74 Å². The van der Waals surface area contributed by atoms with Gasteiger partial charge in [0.2, 0.25) is 0 Å². The van der Waals surface area contributed by atoms with Gasteiger partial charge in [-0.25, -0.2) is 0 Å². The van der Waals surface area contributed by atoms with Crippen LogP contribution in [0, 0.1) is 0 Å². The van der Waals surface area contributed by atoms with Crippen molar-refractivity contribution in [1.29, 1.82) is 0 Å². The van der Waals surface area contributed by atoms with Crippen LogP contribution < -0.4 is 5.32 Å². The SMILES string of the molecule is CCOC(=O)[C@@H]1CS[C@H](c2ccc(Br)cc2)N1. The zero-order chi connectivity index (χ0) is 12.3. The molecule has 17 heavy (non-hydrogen) atoms. The minimum Gasteiger partial charge on any atom is -0.465 e. The van der Waals surface area contributed by atoms with Gasteiger partial charge >= 0.3 is 5.97 Å². The molecule has 0 spiro atoms. The van der Waals surface area contributed by atoms with Crippen LogP contribution in [0.2, 0.25) is 0 Å². The van der Waals surface area contributed by atoms with Crippen molar-refractivity contribution in [2.75, 3.05) is 12.4 Å². The zero-order valence-corrected chi connectivity index (χ0v) is 11.9. The molecule has 3 nitrogen and oxygen atoms in total. The van der Waals surface area contributed by atoms with Gasteiger partial charge in [-0.1, -0.05) is 28.1 Å². The Balaban J connectivity index is 1.98. The summed E-state index contributed by atoms with van der Waals surface area (Å²) in [5.41, 5.74) is 1.19. The highest BCUT2D eigenvalue weighted by Gasteiger charge is 2.31. The molecule has 1 aliphatic rings. The first-order valence-corrected chi connectivity index (χ1v) is 7.34. The summed E-state index contributed by atoms with van der Waals surface area (Å²) in [5.74, 6) is 0.610. The number of halogens is 1. The predicted molar refractivity (Wildman–Crippen MR) is 72.9 cm³/mol. The van der Waals surface area contributed by atoms with E-state index < -0.39 is 0 Å². The number of rotatable bonds is 3. The fourth-order valence-corrected chi connectivity index (χ4v) is 3.17. The summed E-state index contributed by atoms with van der Waals surface area (Å²) in [6, 6.07) is 7.95. The Morgan fingerprint density at radius 1 is 1.53 bits per heavy atom. The molecule has 1 aliphatic heterocycles. The number of thioether (sulfide) groups is 1. The van der Waals surface area contributed by atoms with Crippen molar-refractivity contribution in [3.05, 3.63) is 34.3 Å². The summed E-state index contributed by atoms with van der Waals surface area (Å²) in [6.07, 6.45) is 0. The fourth-order valence-electron chi connectivity index (χ4n) is 1.68. The van der Waals surface area contributed by atoms with Crippen molar-refractivity contribution >= 4 is 33.7 Å². The Kier molecular flexibility index (Phi) is 4.48. The van der Waals surface area contributed by atoms with Crippen LogP contribution in [-0.2, 0) is 9.53 Å². The number of carbonyl (C=O) groups excluding carboxylic acids is 1. The summed E-state index contributed by atoms with van der Waals surface area (Å²) < 4.78 is 6.07. The Bertz CT molecular complexity index is 396. The topological polar surface area (TPSA) is 38.3 Å². The molecule has 92 valence electrons. The van der Waals surface area contributed by atoms with Gasteiger partial charge in [0.1, 0.15) is 6.04 Å². The monoisotopic (exact) mass is 315 g/mol. The van der Waals surface area contributed by atoms with Crippen LogP contribution in [0.3, 0.4) is 0 Å². The Morgan fingerprint density at radius 3 is 2.88 bits per heavy atom. The molecule has 2 atom stereocenters. The van der Waals surface area contributed by atoms with E-state index in [1.807, 2.05) is 19.1 Å². The van der Waals surface area contributed by atoms with Gasteiger partial charge in [0, 0.05) is 10.2 Å². The van der Waals surface area contributed by atoms with Gasteiger partial charge in [0.25, 0.3) is 0 Å². The third kappa shape index (κ3) is 3.24. The van der Waals surface area contributed by atoms with Gasteiger partial charge in [0.05, 0.1) is 12.0 Å². The largest absolute Gasteiger partial charge is 0.465 e. The van der Waals surface area contributed by atoms with Gasteiger partial charge in [0.15, 0.2) is 0 Å². The lowest BCUT2D eigenvalue weighted by atomic mass is 10.2. The van der Waals surface area contributed by atoms with Crippen LogP contribution in [-0.4, -0.2) is 24.4 Å². The Morgan fingerprint density at radius 2 is 2.24 bits per heavy atom. The molecule has 0 radical (unpaired) electrons. The maximum Gasteiger partial charge on any atom is 0.324 e. The maximum atomic E-state index is 11.6. The van der Waals surface area contributed by atoms with Crippen LogP contribution in [0.25, 0.3) is 0 Å². The van der Waals surface area contributed by atoms with Gasteiger partial charge in [-0.3, -0.25) is 10.1 Å². The first-order valence-electron chi connectivity index (χ1n) is 5.50. The second kappa shape index (κ2) is 5.89. The molecule has 0 aliphatic carbocycles. The molecule has 0 amide bonds. The molecule has 2 rings (SSSR count). The normalized spacial score (nSPS) is 23.6. The number of ether oxygens (including phenoxy) is 1. The van der Waals surface area contributed by atoms with Gasteiger partial charge < -0.3 is 4.74 Å². The molecule has 0 aromatic heterocycles. The average Bonchev–Trinajstić information content (AvgIpc) is 2.80. The number of esters is 1. The van der Waals surface area contributed by atoms with E-state index in [9.17, 15) is 4.79 Å². The predicted octanol–water partition coefficient (Wildman–Crippen LogP) is 2.72. The lowest BCUT2D eigenvalue weighted by Gasteiger charge is -2.12. The van der Waals surface area contributed by atoms with Gasteiger partial charge in [-0.15, -0.1) is 11.8 Å². The molecular formula is C12H14BrNO2S. The van der Waals surface area contributed by atoms with Crippen molar-refractivity contribution in [2.45, 2.75) is 18.3 Å². The number of nitrogens with one attached hydrogen (secondary N) is 1. The zero-order valence-electron chi connectivity index (χ0n) is 9.48. The summed E-state index contributed by atoms with van der Waals surface area (Å²) in [5, 5.41) is 3.46. The second-order valence-electron chi connectivity index (χ2n) is 3.74. The van der Waals surface area contributed by atoms with Crippen molar-refractivity contribution in [2.24, 2.45) is 0 Å². The Labute approximate surface area is 113 Å². The maximum absolute atomic E-state index is 11.6. The van der Waals surface area contributed by atoms with E-state index >= 15 is 0 Å². The Hall–Kier alpha value is -0.520. The quantitative estimate of drug-likeness (QED) is 0.870. The molecule has 1 aromatic carbocycles. The summed E-state index contributed by atoms with van der Waals surface area (Å²) in [4.78, 5) is 11.6. The molecule has 0 bridgehead atoms. The second-order valence-corrected chi connectivity index (χ2v) is 5.79. The summed E-state index contributed by atoms with van der Waals surface area (Å²) >= 11 is 5.14. The fraction of sp³-hybridized carbons (Fsp3) is 0.417. The number of hydrogen-bond acceptors (Lipinski definition) is 4. The highest BCUT2D eigenvalue weighted by molar-refractivity contribution is 9.10. The van der Waals surface area contributed by atoms with E-state index in [2.05, 4.69) is 33.4 Å². The highest BCUT2D eigenvalue weighted by atomic mass is 79.9. The van der Waals surface area contributed by atoms with Crippen molar-refractivity contribution < 1.29 is 9.53 Å². The van der Waals surface area contributed by atoms with Crippen LogP contribution in [0.15, 0.2) is 28.7 Å². The number of hydrogen-bond donors (Lipinski definition) is 1. The minimum absolute atomic E-state index is 0.153. The smallest absolute Gasteiger partial charge is 0.324 e. The highest BCUT2D eigenvalue weighted by Crippen LogP contribution is 2.33. The van der Waals surface area contributed by atoms with E-state index in [1.54, 1.807) is 11.8 Å². The average molecular weight is 316 g/mol. The summed E-state index contributed by atoms with van der Waals surface area (Å²) in [7, 11) is 0. The standard InChI is InChI=1S/C12H14BrNO2S/c1-2-16-12(15)10-7-17-11(14-10)8-3-5-9(13)6-4-8/h3-6,10-11,14H,2,7H2,1H3/t10-,11+/m0/s1. The van der Waals surface area contributed by atoms with Crippen LogP contribution in [0.1, 0.15) is 17.9 Å². The minimum atomic E-state index is -0.186.